The molecule has 0 aliphatic heterocycles. The zero-order chi connectivity index (χ0) is 11.7. The Morgan fingerprint density at radius 2 is 2.07 bits per heavy atom. The monoisotopic (exact) mass is 233 g/mol. The number of carbonyl (C=O) groups excluding carboxylic acids is 1. The maximum atomic E-state index is 11.2. The summed E-state index contributed by atoms with van der Waals surface area (Å²) in [7, 11) is 0. The van der Waals surface area contributed by atoms with Crippen molar-refractivity contribution in [3.63, 3.8) is 0 Å². The van der Waals surface area contributed by atoms with Crippen molar-refractivity contribution in [2.45, 2.75) is 26.7 Å². The van der Waals surface area contributed by atoms with E-state index in [4.69, 9.17) is 5.11 Å². The van der Waals surface area contributed by atoms with Crippen LogP contribution in [0.15, 0.2) is 0 Å². The van der Waals surface area contributed by atoms with Gasteiger partial charge in [0, 0.05) is 18.7 Å². The highest BCUT2D eigenvalue weighted by Crippen LogP contribution is 2.03. The first-order chi connectivity index (χ1) is 7.02. The summed E-state index contributed by atoms with van der Waals surface area (Å²) in [5.74, 6) is 0.532. The van der Waals surface area contributed by atoms with E-state index in [0.717, 1.165) is 6.42 Å². The minimum atomic E-state index is -0.814. The molecule has 88 valence electrons. The van der Waals surface area contributed by atoms with E-state index < -0.39 is 5.97 Å². The van der Waals surface area contributed by atoms with Gasteiger partial charge < -0.3 is 10.4 Å². The molecule has 0 radical (unpaired) electrons. The predicted octanol–water partition coefficient (Wildman–Crippen LogP) is 1.36. The highest BCUT2D eigenvalue weighted by molar-refractivity contribution is 7.99. The Kier molecular flexibility index (Phi) is 8.18. The first-order valence-corrected chi connectivity index (χ1v) is 6.24. The summed E-state index contributed by atoms with van der Waals surface area (Å²) < 4.78 is 0. The van der Waals surface area contributed by atoms with Gasteiger partial charge >= 0.3 is 5.97 Å². The van der Waals surface area contributed by atoms with Crippen LogP contribution in [0.1, 0.15) is 26.7 Å². The maximum Gasteiger partial charge on any atom is 0.313 e. The number of carboxylic acids is 1. The average molecular weight is 233 g/mol. The van der Waals surface area contributed by atoms with Crippen LogP contribution in [-0.2, 0) is 9.59 Å². The minimum absolute atomic E-state index is 0.0552. The standard InChI is InChI=1S/C10H19NO3S/c1-8(2)3-4-9(12)11-5-6-15-7-10(13)14/h8H,3-7H2,1-2H3,(H,11,12)(H,13,14). The van der Waals surface area contributed by atoms with E-state index in [-0.39, 0.29) is 11.7 Å². The van der Waals surface area contributed by atoms with Crippen molar-refractivity contribution in [1.82, 2.24) is 5.32 Å². The SMILES string of the molecule is CC(C)CCC(=O)NCCSCC(=O)O. The maximum absolute atomic E-state index is 11.2. The van der Waals surface area contributed by atoms with Gasteiger partial charge in [-0.2, -0.15) is 0 Å². The Morgan fingerprint density at radius 1 is 1.40 bits per heavy atom. The number of carbonyl (C=O) groups is 2. The molecule has 1 amide bonds. The van der Waals surface area contributed by atoms with Crippen molar-refractivity contribution in [2.75, 3.05) is 18.1 Å². The van der Waals surface area contributed by atoms with Crippen LogP contribution >= 0.6 is 11.8 Å². The molecule has 0 spiro atoms. The first-order valence-electron chi connectivity index (χ1n) is 5.08. The minimum Gasteiger partial charge on any atom is -0.481 e. The van der Waals surface area contributed by atoms with Crippen molar-refractivity contribution in [2.24, 2.45) is 5.92 Å². The summed E-state index contributed by atoms with van der Waals surface area (Å²) in [5.41, 5.74) is 0. The van der Waals surface area contributed by atoms with Crippen molar-refractivity contribution in [3.05, 3.63) is 0 Å². The van der Waals surface area contributed by atoms with Gasteiger partial charge in [0.25, 0.3) is 0 Å². The molecule has 0 bridgehead atoms. The summed E-state index contributed by atoms with van der Waals surface area (Å²) in [4.78, 5) is 21.4. The van der Waals surface area contributed by atoms with Crippen molar-refractivity contribution in [1.29, 1.82) is 0 Å². The number of thioether (sulfide) groups is 1. The highest BCUT2D eigenvalue weighted by atomic mass is 32.2. The Hall–Kier alpha value is -0.710. The van der Waals surface area contributed by atoms with E-state index in [1.54, 1.807) is 0 Å². The van der Waals surface area contributed by atoms with Gasteiger partial charge in [-0.1, -0.05) is 13.8 Å². The molecule has 4 nitrogen and oxygen atoms in total. The number of hydrogen-bond acceptors (Lipinski definition) is 3. The molecule has 0 fully saturated rings. The van der Waals surface area contributed by atoms with Gasteiger partial charge in [0.2, 0.25) is 5.91 Å². The zero-order valence-corrected chi connectivity index (χ0v) is 10.1. The third-order valence-corrected chi connectivity index (χ3v) is 2.69. The molecule has 0 aliphatic carbocycles. The van der Waals surface area contributed by atoms with Gasteiger partial charge in [-0.05, 0) is 12.3 Å². The quantitative estimate of drug-likeness (QED) is 0.621. The van der Waals surface area contributed by atoms with Gasteiger partial charge in [0.15, 0.2) is 0 Å². The summed E-state index contributed by atoms with van der Waals surface area (Å²) in [6.45, 7) is 4.71. The summed E-state index contributed by atoms with van der Waals surface area (Å²) >= 11 is 1.31. The van der Waals surface area contributed by atoms with Crippen LogP contribution in [0.2, 0.25) is 0 Å². The fourth-order valence-electron chi connectivity index (χ4n) is 0.930. The number of nitrogens with one attached hydrogen (secondary N) is 1. The largest absolute Gasteiger partial charge is 0.481 e. The molecular weight excluding hydrogens is 214 g/mol. The molecule has 0 atom stereocenters. The second-order valence-electron chi connectivity index (χ2n) is 3.73. The average Bonchev–Trinajstić information content (AvgIpc) is 2.13. The molecule has 0 aromatic carbocycles. The van der Waals surface area contributed by atoms with Gasteiger partial charge in [-0.3, -0.25) is 9.59 Å². The molecule has 0 aromatic rings. The number of amides is 1. The smallest absolute Gasteiger partial charge is 0.313 e. The highest BCUT2D eigenvalue weighted by Gasteiger charge is 2.02. The lowest BCUT2D eigenvalue weighted by molar-refractivity contribution is -0.133. The van der Waals surface area contributed by atoms with E-state index in [2.05, 4.69) is 19.2 Å². The molecule has 0 rings (SSSR count). The first kappa shape index (κ1) is 14.3. The summed E-state index contributed by atoms with van der Waals surface area (Å²) in [6, 6.07) is 0. The lowest BCUT2D eigenvalue weighted by Gasteiger charge is -2.05. The second-order valence-corrected chi connectivity index (χ2v) is 4.83. The van der Waals surface area contributed by atoms with Crippen molar-refractivity contribution >= 4 is 23.6 Å². The van der Waals surface area contributed by atoms with Crippen LogP contribution in [0.3, 0.4) is 0 Å². The van der Waals surface area contributed by atoms with Gasteiger partial charge in [-0.15, -0.1) is 11.8 Å². The van der Waals surface area contributed by atoms with E-state index in [1.165, 1.54) is 11.8 Å². The second kappa shape index (κ2) is 8.59. The lowest BCUT2D eigenvalue weighted by Crippen LogP contribution is -2.26. The molecule has 0 aromatic heterocycles. The molecule has 0 heterocycles. The molecule has 0 unspecified atom stereocenters. The summed E-state index contributed by atoms with van der Waals surface area (Å²) in [6.07, 6.45) is 1.45. The number of carboxylic acid groups (broad SMARTS) is 1. The van der Waals surface area contributed by atoms with Crippen LogP contribution in [-0.4, -0.2) is 35.0 Å². The molecule has 15 heavy (non-hydrogen) atoms. The van der Waals surface area contributed by atoms with E-state index in [0.29, 0.717) is 24.6 Å². The van der Waals surface area contributed by atoms with E-state index in [1.807, 2.05) is 0 Å². The molecule has 2 N–H and O–H groups in total. The molecule has 0 saturated carbocycles. The molecule has 5 heteroatoms. The van der Waals surface area contributed by atoms with Gasteiger partial charge in [0.1, 0.15) is 0 Å². The third-order valence-electron chi connectivity index (χ3n) is 1.74. The van der Waals surface area contributed by atoms with Crippen molar-refractivity contribution < 1.29 is 14.7 Å². The number of rotatable bonds is 8. The van der Waals surface area contributed by atoms with E-state index in [9.17, 15) is 9.59 Å². The van der Waals surface area contributed by atoms with E-state index >= 15 is 0 Å². The van der Waals surface area contributed by atoms with Crippen LogP contribution in [0, 0.1) is 5.92 Å². The van der Waals surface area contributed by atoms with Crippen molar-refractivity contribution in [3.8, 4) is 0 Å². The Bertz CT molecular complexity index is 207. The molecular formula is C10H19NO3S. The number of hydrogen-bond donors (Lipinski definition) is 2. The Morgan fingerprint density at radius 3 is 2.60 bits per heavy atom. The Balaban J connectivity index is 3.28. The van der Waals surface area contributed by atoms with Crippen LogP contribution in [0.25, 0.3) is 0 Å². The zero-order valence-electron chi connectivity index (χ0n) is 9.28. The lowest BCUT2D eigenvalue weighted by atomic mass is 10.1. The summed E-state index contributed by atoms with van der Waals surface area (Å²) in [5, 5.41) is 11.1. The number of aliphatic carboxylic acids is 1. The molecule has 0 aliphatic rings. The van der Waals surface area contributed by atoms with Gasteiger partial charge in [0.05, 0.1) is 5.75 Å². The fourth-order valence-corrected chi connectivity index (χ4v) is 1.50. The normalized spacial score (nSPS) is 10.3. The Labute approximate surface area is 94.8 Å². The molecule has 0 saturated heterocycles. The van der Waals surface area contributed by atoms with Crippen LogP contribution in [0.5, 0.6) is 0 Å². The third kappa shape index (κ3) is 11.2. The topological polar surface area (TPSA) is 66.4 Å². The van der Waals surface area contributed by atoms with Crippen LogP contribution in [0.4, 0.5) is 0 Å². The predicted molar refractivity (Wildman–Crippen MR) is 62.0 cm³/mol. The van der Waals surface area contributed by atoms with Crippen LogP contribution < -0.4 is 5.32 Å². The van der Waals surface area contributed by atoms with Gasteiger partial charge in [-0.25, -0.2) is 0 Å². The fraction of sp³-hybridized carbons (Fsp3) is 0.800.